The molecule has 1 saturated heterocycles. The van der Waals surface area contributed by atoms with Gasteiger partial charge in [-0.3, -0.25) is 4.90 Å². The second-order valence-corrected chi connectivity index (χ2v) is 5.57. The predicted octanol–water partition coefficient (Wildman–Crippen LogP) is 2.87. The summed E-state index contributed by atoms with van der Waals surface area (Å²) in [6.45, 7) is 8.30. The molecule has 1 fully saturated rings. The number of aromatic nitrogens is 1. The molecule has 2 aromatic rings. The van der Waals surface area contributed by atoms with Crippen molar-refractivity contribution in [1.29, 1.82) is 0 Å². The molecule has 2 heterocycles. The van der Waals surface area contributed by atoms with Crippen LogP contribution in [0.25, 0.3) is 11.3 Å². The number of hydrogen-bond donors (Lipinski definition) is 1. The molecule has 1 aliphatic heterocycles. The first-order valence-corrected chi connectivity index (χ1v) is 7.20. The normalized spacial score (nSPS) is 19.2. The third-order valence-electron chi connectivity index (χ3n) is 3.90. The highest BCUT2D eigenvalue weighted by Crippen LogP contribution is 2.21. The van der Waals surface area contributed by atoms with Crippen molar-refractivity contribution in [3.63, 3.8) is 0 Å². The Kier molecular flexibility index (Phi) is 5.39. The topological polar surface area (TPSA) is 41.3 Å². The molecule has 114 valence electrons. The van der Waals surface area contributed by atoms with E-state index in [9.17, 15) is 0 Å². The van der Waals surface area contributed by atoms with Crippen molar-refractivity contribution in [1.82, 2.24) is 15.4 Å². The average molecular weight is 308 g/mol. The first-order valence-electron chi connectivity index (χ1n) is 7.20. The number of nitrogens with one attached hydrogen (secondary N) is 1. The third kappa shape index (κ3) is 3.84. The van der Waals surface area contributed by atoms with E-state index in [1.165, 1.54) is 5.56 Å². The Hall–Kier alpha value is -1.36. The number of halogens is 1. The zero-order valence-electron chi connectivity index (χ0n) is 12.5. The van der Waals surface area contributed by atoms with Gasteiger partial charge in [0, 0.05) is 37.3 Å². The highest BCUT2D eigenvalue weighted by Gasteiger charge is 2.19. The standard InChI is InChI=1S/C16H21N3O.ClH/c1-12-3-5-14(6-4-12)16-9-15(20-18-16)11-19-8-7-17-10-13(19)2;/h3-6,9,13,17H,7-8,10-11H2,1-2H3;1H/t13-;/m0./s1. The van der Waals surface area contributed by atoms with E-state index >= 15 is 0 Å². The number of benzene rings is 1. The molecule has 4 nitrogen and oxygen atoms in total. The van der Waals surface area contributed by atoms with Gasteiger partial charge in [0.25, 0.3) is 0 Å². The van der Waals surface area contributed by atoms with Crippen LogP contribution in [0.1, 0.15) is 18.2 Å². The summed E-state index contributed by atoms with van der Waals surface area (Å²) in [6, 6.07) is 11.0. The molecular formula is C16H22ClN3O. The molecule has 21 heavy (non-hydrogen) atoms. The second kappa shape index (κ2) is 7.07. The molecule has 1 N–H and O–H groups in total. The molecule has 0 radical (unpaired) electrons. The lowest BCUT2D eigenvalue weighted by molar-refractivity contribution is 0.149. The van der Waals surface area contributed by atoms with Gasteiger partial charge in [-0.2, -0.15) is 0 Å². The Morgan fingerprint density at radius 3 is 2.81 bits per heavy atom. The van der Waals surface area contributed by atoms with Crippen LogP contribution in [-0.4, -0.2) is 35.7 Å². The zero-order valence-corrected chi connectivity index (χ0v) is 13.3. The van der Waals surface area contributed by atoms with Gasteiger partial charge in [0.05, 0.1) is 6.54 Å². The molecular weight excluding hydrogens is 286 g/mol. The van der Waals surface area contributed by atoms with E-state index in [2.05, 4.69) is 59.6 Å². The maximum atomic E-state index is 5.49. The third-order valence-corrected chi connectivity index (χ3v) is 3.90. The molecule has 0 aliphatic carbocycles. The summed E-state index contributed by atoms with van der Waals surface area (Å²) in [7, 11) is 0. The molecule has 0 amide bonds. The summed E-state index contributed by atoms with van der Waals surface area (Å²) >= 11 is 0. The predicted molar refractivity (Wildman–Crippen MR) is 86.7 cm³/mol. The van der Waals surface area contributed by atoms with E-state index < -0.39 is 0 Å². The molecule has 3 rings (SSSR count). The van der Waals surface area contributed by atoms with Crippen molar-refractivity contribution in [3.05, 3.63) is 41.7 Å². The monoisotopic (exact) mass is 307 g/mol. The fourth-order valence-electron chi connectivity index (χ4n) is 2.57. The highest BCUT2D eigenvalue weighted by atomic mass is 35.5. The van der Waals surface area contributed by atoms with Crippen LogP contribution in [0.15, 0.2) is 34.9 Å². The van der Waals surface area contributed by atoms with Gasteiger partial charge >= 0.3 is 0 Å². The van der Waals surface area contributed by atoms with E-state index in [0.717, 1.165) is 43.2 Å². The largest absolute Gasteiger partial charge is 0.359 e. The van der Waals surface area contributed by atoms with Crippen LogP contribution in [0.4, 0.5) is 0 Å². The van der Waals surface area contributed by atoms with Crippen LogP contribution in [-0.2, 0) is 6.54 Å². The Morgan fingerprint density at radius 2 is 2.10 bits per heavy atom. The number of hydrogen-bond acceptors (Lipinski definition) is 4. The van der Waals surface area contributed by atoms with Crippen molar-refractivity contribution in [3.8, 4) is 11.3 Å². The number of nitrogens with zero attached hydrogens (tertiary/aromatic N) is 2. The van der Waals surface area contributed by atoms with Crippen LogP contribution >= 0.6 is 12.4 Å². The van der Waals surface area contributed by atoms with Crippen LogP contribution in [0.3, 0.4) is 0 Å². The summed E-state index contributed by atoms with van der Waals surface area (Å²) in [5.74, 6) is 0.939. The van der Waals surface area contributed by atoms with Gasteiger partial charge in [-0.15, -0.1) is 12.4 Å². The van der Waals surface area contributed by atoms with Gasteiger partial charge in [-0.25, -0.2) is 0 Å². The SMILES string of the molecule is Cc1ccc(-c2cc(CN3CCNC[C@@H]3C)on2)cc1.Cl. The molecule has 0 spiro atoms. The molecule has 1 aliphatic rings. The molecule has 1 aromatic carbocycles. The maximum absolute atomic E-state index is 5.49. The van der Waals surface area contributed by atoms with Crippen molar-refractivity contribution in [2.75, 3.05) is 19.6 Å². The molecule has 5 heteroatoms. The van der Waals surface area contributed by atoms with Crippen molar-refractivity contribution in [2.45, 2.75) is 26.4 Å². The van der Waals surface area contributed by atoms with Crippen LogP contribution < -0.4 is 5.32 Å². The summed E-state index contributed by atoms with van der Waals surface area (Å²) in [5.41, 5.74) is 3.29. The lowest BCUT2D eigenvalue weighted by Crippen LogP contribution is -2.49. The molecule has 0 saturated carbocycles. The summed E-state index contributed by atoms with van der Waals surface area (Å²) in [4.78, 5) is 2.43. The van der Waals surface area contributed by atoms with E-state index in [-0.39, 0.29) is 12.4 Å². The van der Waals surface area contributed by atoms with Gasteiger partial charge in [0.1, 0.15) is 5.69 Å². The Morgan fingerprint density at radius 1 is 1.33 bits per heavy atom. The fourth-order valence-corrected chi connectivity index (χ4v) is 2.57. The van der Waals surface area contributed by atoms with Crippen molar-refractivity contribution < 1.29 is 4.52 Å². The lowest BCUT2D eigenvalue weighted by atomic mass is 10.1. The summed E-state index contributed by atoms with van der Waals surface area (Å²) in [5, 5.41) is 7.59. The molecule has 1 aromatic heterocycles. The van der Waals surface area contributed by atoms with E-state index in [0.29, 0.717) is 6.04 Å². The second-order valence-electron chi connectivity index (χ2n) is 5.57. The Labute approximate surface area is 131 Å². The molecule has 0 unspecified atom stereocenters. The first-order chi connectivity index (χ1) is 9.72. The average Bonchev–Trinajstić information content (AvgIpc) is 2.91. The fraction of sp³-hybridized carbons (Fsp3) is 0.438. The van der Waals surface area contributed by atoms with Gasteiger partial charge in [0.2, 0.25) is 0 Å². The Bertz CT molecular complexity index is 567. The van der Waals surface area contributed by atoms with Gasteiger partial charge < -0.3 is 9.84 Å². The smallest absolute Gasteiger partial charge is 0.151 e. The van der Waals surface area contributed by atoms with Crippen LogP contribution in [0, 0.1) is 6.92 Å². The number of aryl methyl sites for hydroxylation is 1. The van der Waals surface area contributed by atoms with E-state index in [1.54, 1.807) is 0 Å². The molecule has 0 bridgehead atoms. The minimum atomic E-state index is 0. The minimum absolute atomic E-state index is 0. The quantitative estimate of drug-likeness (QED) is 0.947. The first kappa shape index (κ1) is 16.0. The van der Waals surface area contributed by atoms with Gasteiger partial charge in [-0.1, -0.05) is 35.0 Å². The highest BCUT2D eigenvalue weighted by molar-refractivity contribution is 5.85. The van der Waals surface area contributed by atoms with Crippen LogP contribution in [0.5, 0.6) is 0 Å². The van der Waals surface area contributed by atoms with Crippen molar-refractivity contribution >= 4 is 12.4 Å². The summed E-state index contributed by atoms with van der Waals surface area (Å²) in [6.07, 6.45) is 0. The zero-order chi connectivity index (χ0) is 13.9. The van der Waals surface area contributed by atoms with Gasteiger partial charge in [-0.05, 0) is 13.8 Å². The van der Waals surface area contributed by atoms with Crippen molar-refractivity contribution in [2.24, 2.45) is 0 Å². The summed E-state index contributed by atoms with van der Waals surface area (Å²) < 4.78 is 5.49. The Balaban J connectivity index is 0.00000161. The van der Waals surface area contributed by atoms with Gasteiger partial charge in [0.15, 0.2) is 5.76 Å². The molecule has 1 atom stereocenters. The van der Waals surface area contributed by atoms with Crippen LogP contribution in [0.2, 0.25) is 0 Å². The number of rotatable bonds is 3. The lowest BCUT2D eigenvalue weighted by Gasteiger charge is -2.32. The maximum Gasteiger partial charge on any atom is 0.151 e. The number of piperazine rings is 1. The minimum Gasteiger partial charge on any atom is -0.359 e. The van der Waals surface area contributed by atoms with E-state index in [1.807, 2.05) is 0 Å². The van der Waals surface area contributed by atoms with E-state index in [4.69, 9.17) is 4.52 Å².